The third-order valence-electron chi connectivity index (χ3n) is 1.75. The van der Waals surface area contributed by atoms with Crippen LogP contribution in [0, 0.1) is 11.6 Å². The molecule has 0 unspecified atom stereocenters. The zero-order valence-electron chi connectivity index (χ0n) is 6.93. The van der Waals surface area contributed by atoms with E-state index in [1.165, 1.54) is 0 Å². The van der Waals surface area contributed by atoms with Gasteiger partial charge >= 0.3 is 0 Å². The molecule has 0 heterocycles. The first-order chi connectivity index (χ1) is 6.16. The number of aliphatic hydroxyl groups is 1. The molecule has 0 fully saturated rings. The van der Waals surface area contributed by atoms with E-state index in [1.54, 1.807) is 0 Å². The van der Waals surface area contributed by atoms with E-state index >= 15 is 0 Å². The van der Waals surface area contributed by atoms with Crippen molar-refractivity contribution in [2.24, 2.45) is 0 Å². The van der Waals surface area contributed by atoms with Gasteiger partial charge in [0.05, 0.1) is 0 Å². The molecule has 13 heavy (non-hydrogen) atoms. The lowest BCUT2D eigenvalue weighted by Gasteiger charge is -2.04. The van der Waals surface area contributed by atoms with Gasteiger partial charge in [0, 0.05) is 12.2 Å². The van der Waals surface area contributed by atoms with Gasteiger partial charge in [0.15, 0.2) is 11.6 Å². The summed E-state index contributed by atoms with van der Waals surface area (Å²) in [4.78, 5) is 0. The van der Waals surface area contributed by atoms with Gasteiger partial charge in [0.2, 0.25) is 0 Å². The third-order valence-corrected chi connectivity index (χ3v) is 1.75. The molecule has 1 aromatic rings. The van der Waals surface area contributed by atoms with Crippen LogP contribution in [0.5, 0.6) is 5.75 Å². The highest BCUT2D eigenvalue weighted by Gasteiger charge is 2.11. The van der Waals surface area contributed by atoms with E-state index in [-0.39, 0.29) is 25.0 Å². The number of benzene rings is 1. The minimum atomic E-state index is -0.937. The Hall–Kier alpha value is -1.16. The Kier molecular flexibility index (Phi) is 3.19. The summed E-state index contributed by atoms with van der Waals surface area (Å²) in [5, 5.41) is 17.4. The molecule has 0 aromatic heterocycles. The fourth-order valence-corrected chi connectivity index (χ4v) is 1.07. The number of hydrogen-bond acceptors (Lipinski definition) is 2. The summed E-state index contributed by atoms with van der Waals surface area (Å²) in [6.07, 6.45) is 0.361. The van der Waals surface area contributed by atoms with Crippen LogP contribution < -0.4 is 0 Å². The van der Waals surface area contributed by atoms with Crippen molar-refractivity contribution in [2.45, 2.75) is 12.8 Å². The number of hydrogen-bond donors (Lipinski definition) is 2. The standard InChI is InChI=1S/C9H10F2O2/c10-7-3-4-8(13)9(11)6(7)2-1-5-12/h3-4,12-13H,1-2,5H2. The highest BCUT2D eigenvalue weighted by Crippen LogP contribution is 2.22. The van der Waals surface area contributed by atoms with Crippen molar-refractivity contribution in [3.63, 3.8) is 0 Å². The van der Waals surface area contributed by atoms with E-state index in [1.807, 2.05) is 0 Å². The molecule has 1 rings (SSSR count). The molecule has 0 atom stereocenters. The van der Waals surface area contributed by atoms with Crippen LogP contribution in [0.2, 0.25) is 0 Å². The maximum atomic E-state index is 13.0. The average molecular weight is 188 g/mol. The molecule has 2 nitrogen and oxygen atoms in total. The molecular weight excluding hydrogens is 178 g/mol. The average Bonchev–Trinajstić information content (AvgIpc) is 2.12. The zero-order valence-corrected chi connectivity index (χ0v) is 6.93. The maximum Gasteiger partial charge on any atom is 0.170 e. The fourth-order valence-electron chi connectivity index (χ4n) is 1.07. The molecule has 1 aromatic carbocycles. The largest absolute Gasteiger partial charge is 0.505 e. The molecule has 0 saturated carbocycles. The van der Waals surface area contributed by atoms with Crippen molar-refractivity contribution >= 4 is 0 Å². The third kappa shape index (κ3) is 2.15. The van der Waals surface area contributed by atoms with Crippen molar-refractivity contribution in [1.82, 2.24) is 0 Å². The summed E-state index contributed by atoms with van der Waals surface area (Å²) in [6.45, 7) is -0.130. The van der Waals surface area contributed by atoms with Crippen molar-refractivity contribution in [1.29, 1.82) is 0 Å². The smallest absolute Gasteiger partial charge is 0.170 e. The summed E-state index contributed by atoms with van der Waals surface area (Å²) in [6, 6.07) is 1.97. The number of halogens is 2. The molecule has 0 aliphatic rings. The minimum absolute atomic E-state index is 0.0859. The molecule has 4 heteroatoms. The maximum absolute atomic E-state index is 13.0. The Morgan fingerprint density at radius 3 is 2.54 bits per heavy atom. The van der Waals surface area contributed by atoms with Crippen LogP contribution in [0.15, 0.2) is 12.1 Å². The van der Waals surface area contributed by atoms with Crippen molar-refractivity contribution in [3.8, 4) is 5.75 Å². The topological polar surface area (TPSA) is 40.5 Å². The monoisotopic (exact) mass is 188 g/mol. The van der Waals surface area contributed by atoms with E-state index in [2.05, 4.69) is 0 Å². The number of rotatable bonds is 3. The first-order valence-corrected chi connectivity index (χ1v) is 3.93. The molecule has 0 spiro atoms. The second-order valence-corrected chi connectivity index (χ2v) is 2.69. The first-order valence-electron chi connectivity index (χ1n) is 3.93. The Labute approximate surface area is 74.4 Å². The van der Waals surface area contributed by atoms with Crippen LogP contribution in [0.3, 0.4) is 0 Å². The number of phenols is 1. The van der Waals surface area contributed by atoms with Gasteiger partial charge in [-0.05, 0) is 25.0 Å². The molecule has 0 aliphatic carbocycles. The highest BCUT2D eigenvalue weighted by atomic mass is 19.1. The van der Waals surface area contributed by atoms with Gasteiger partial charge in [-0.25, -0.2) is 8.78 Å². The van der Waals surface area contributed by atoms with Gasteiger partial charge in [0.1, 0.15) is 5.82 Å². The first kappa shape index (κ1) is 9.92. The van der Waals surface area contributed by atoms with Crippen LogP contribution in [0.4, 0.5) is 8.78 Å². The molecule has 2 N–H and O–H groups in total. The molecular formula is C9H10F2O2. The number of aliphatic hydroxyl groups excluding tert-OH is 1. The summed E-state index contributed by atoms with van der Waals surface area (Å²) in [5.74, 6) is -2.19. The van der Waals surface area contributed by atoms with E-state index in [0.717, 1.165) is 12.1 Å². The quantitative estimate of drug-likeness (QED) is 0.756. The lowest BCUT2D eigenvalue weighted by atomic mass is 10.1. The van der Waals surface area contributed by atoms with Crippen molar-refractivity contribution in [2.75, 3.05) is 6.61 Å². The predicted molar refractivity (Wildman–Crippen MR) is 43.4 cm³/mol. The van der Waals surface area contributed by atoms with Gasteiger partial charge in [-0.1, -0.05) is 0 Å². The number of aromatic hydroxyl groups is 1. The van der Waals surface area contributed by atoms with Crippen LogP contribution in [-0.2, 0) is 6.42 Å². The Bertz CT molecular complexity index is 300. The van der Waals surface area contributed by atoms with Crippen LogP contribution in [-0.4, -0.2) is 16.8 Å². The van der Waals surface area contributed by atoms with Crippen LogP contribution in [0.1, 0.15) is 12.0 Å². The molecule has 0 aliphatic heterocycles. The zero-order chi connectivity index (χ0) is 9.84. The molecule has 0 bridgehead atoms. The Morgan fingerprint density at radius 2 is 1.92 bits per heavy atom. The van der Waals surface area contributed by atoms with Gasteiger partial charge < -0.3 is 10.2 Å². The summed E-state index contributed by atoms with van der Waals surface area (Å²) >= 11 is 0. The van der Waals surface area contributed by atoms with Gasteiger partial charge in [0.25, 0.3) is 0 Å². The van der Waals surface area contributed by atoms with Gasteiger partial charge in [-0.3, -0.25) is 0 Å². The second kappa shape index (κ2) is 4.18. The van der Waals surface area contributed by atoms with E-state index in [9.17, 15) is 8.78 Å². The molecule has 0 saturated heterocycles. The Balaban J connectivity index is 2.96. The van der Waals surface area contributed by atoms with Gasteiger partial charge in [-0.15, -0.1) is 0 Å². The van der Waals surface area contributed by atoms with E-state index in [0.29, 0.717) is 0 Å². The van der Waals surface area contributed by atoms with Gasteiger partial charge in [-0.2, -0.15) is 0 Å². The molecule has 72 valence electrons. The molecule has 0 radical (unpaired) electrons. The normalized spacial score (nSPS) is 10.4. The lowest BCUT2D eigenvalue weighted by Crippen LogP contribution is -1.97. The van der Waals surface area contributed by atoms with Crippen LogP contribution >= 0.6 is 0 Å². The van der Waals surface area contributed by atoms with E-state index in [4.69, 9.17) is 10.2 Å². The Morgan fingerprint density at radius 1 is 1.23 bits per heavy atom. The van der Waals surface area contributed by atoms with E-state index < -0.39 is 17.4 Å². The summed E-state index contributed by atoms with van der Waals surface area (Å²) in [5.41, 5.74) is -0.172. The highest BCUT2D eigenvalue weighted by molar-refractivity contribution is 5.31. The summed E-state index contributed by atoms with van der Waals surface area (Å²) in [7, 11) is 0. The lowest BCUT2D eigenvalue weighted by molar-refractivity contribution is 0.287. The second-order valence-electron chi connectivity index (χ2n) is 2.69. The fraction of sp³-hybridized carbons (Fsp3) is 0.333. The SMILES string of the molecule is OCCCc1c(F)ccc(O)c1F. The summed E-state index contributed by atoms with van der Waals surface area (Å²) < 4.78 is 25.9. The van der Waals surface area contributed by atoms with Crippen LogP contribution in [0.25, 0.3) is 0 Å². The molecule has 0 amide bonds. The predicted octanol–water partition coefficient (Wildman–Crippen LogP) is 1.60. The minimum Gasteiger partial charge on any atom is -0.505 e. The number of phenolic OH excluding ortho intramolecular Hbond substituents is 1. The van der Waals surface area contributed by atoms with Crippen molar-refractivity contribution in [3.05, 3.63) is 29.3 Å². The van der Waals surface area contributed by atoms with Crippen molar-refractivity contribution < 1.29 is 19.0 Å².